The van der Waals surface area contributed by atoms with E-state index in [4.69, 9.17) is 9.26 Å². The quantitative estimate of drug-likeness (QED) is 0.664. The normalized spacial score (nSPS) is 16.4. The Hall–Kier alpha value is -3.15. The van der Waals surface area contributed by atoms with Crippen molar-refractivity contribution < 1.29 is 14.1 Å². The maximum absolute atomic E-state index is 13.0. The molecule has 0 spiro atoms. The minimum atomic E-state index is -0.183. The number of aryl methyl sites for hydroxylation is 1. The van der Waals surface area contributed by atoms with Crippen LogP contribution in [0.4, 0.5) is 0 Å². The van der Waals surface area contributed by atoms with Gasteiger partial charge >= 0.3 is 0 Å². The minimum Gasteiger partial charge on any atom is -0.497 e. The van der Waals surface area contributed by atoms with Crippen LogP contribution in [0.5, 0.6) is 5.75 Å². The molecule has 3 aromatic rings. The largest absolute Gasteiger partial charge is 0.497 e. The van der Waals surface area contributed by atoms with Crippen LogP contribution >= 0.6 is 0 Å². The van der Waals surface area contributed by atoms with Crippen molar-refractivity contribution in [3.63, 3.8) is 0 Å². The molecular formula is C22H23N3O3. The number of ether oxygens (including phenoxy) is 1. The van der Waals surface area contributed by atoms with Crippen molar-refractivity contribution in [2.75, 3.05) is 13.7 Å². The summed E-state index contributed by atoms with van der Waals surface area (Å²) in [6, 6.07) is 15.1. The fourth-order valence-corrected chi connectivity index (χ4v) is 3.54. The van der Waals surface area contributed by atoms with Gasteiger partial charge in [0.05, 0.1) is 7.11 Å². The van der Waals surface area contributed by atoms with Crippen molar-refractivity contribution in [3.8, 4) is 17.1 Å². The molecule has 2 heterocycles. The van der Waals surface area contributed by atoms with E-state index in [1.54, 1.807) is 7.11 Å². The number of hydrogen-bond acceptors (Lipinski definition) is 5. The fraction of sp³-hybridized carbons (Fsp3) is 0.318. The molecule has 1 aromatic heterocycles. The molecule has 144 valence electrons. The lowest BCUT2D eigenvalue weighted by atomic mass is 10.1. The number of benzene rings is 2. The van der Waals surface area contributed by atoms with Crippen molar-refractivity contribution in [3.05, 3.63) is 65.5 Å². The zero-order valence-corrected chi connectivity index (χ0v) is 16.1. The molecule has 1 saturated heterocycles. The first kappa shape index (κ1) is 18.2. The van der Waals surface area contributed by atoms with Gasteiger partial charge in [0.2, 0.25) is 11.7 Å². The summed E-state index contributed by atoms with van der Waals surface area (Å²) >= 11 is 0. The standard InChI is InChI=1S/C22H23N3O3/c1-3-15-6-8-17(9-7-15)22(26)25-14-4-5-19(25)21-23-20(24-28-21)16-10-12-18(27-2)13-11-16/h6-13,19H,3-5,14H2,1-2H3. The Kier molecular flexibility index (Phi) is 5.10. The number of hydrogen-bond donors (Lipinski definition) is 0. The molecule has 1 amide bonds. The molecule has 6 heteroatoms. The van der Waals surface area contributed by atoms with Gasteiger partial charge in [0.25, 0.3) is 5.91 Å². The lowest BCUT2D eigenvalue weighted by molar-refractivity contribution is 0.0710. The predicted molar refractivity (Wildman–Crippen MR) is 105 cm³/mol. The second kappa shape index (κ2) is 7.84. The predicted octanol–water partition coefficient (Wildman–Crippen LogP) is 4.28. The van der Waals surface area contributed by atoms with E-state index in [-0.39, 0.29) is 11.9 Å². The van der Waals surface area contributed by atoms with E-state index in [1.807, 2.05) is 53.4 Å². The van der Waals surface area contributed by atoms with E-state index < -0.39 is 0 Å². The van der Waals surface area contributed by atoms with Gasteiger partial charge < -0.3 is 14.2 Å². The Morgan fingerprint density at radius 1 is 1.18 bits per heavy atom. The first-order chi connectivity index (χ1) is 13.7. The van der Waals surface area contributed by atoms with Gasteiger partial charge in [-0.3, -0.25) is 4.79 Å². The third-order valence-corrected chi connectivity index (χ3v) is 5.20. The highest BCUT2D eigenvalue weighted by Crippen LogP contribution is 2.33. The third-order valence-electron chi connectivity index (χ3n) is 5.20. The average Bonchev–Trinajstić information content (AvgIpc) is 3.43. The van der Waals surface area contributed by atoms with Gasteiger partial charge in [0.15, 0.2) is 0 Å². The summed E-state index contributed by atoms with van der Waals surface area (Å²) in [5.41, 5.74) is 2.76. The van der Waals surface area contributed by atoms with Crippen molar-refractivity contribution in [1.82, 2.24) is 15.0 Å². The number of aromatic nitrogens is 2. The molecule has 1 atom stereocenters. The minimum absolute atomic E-state index is 0.00866. The van der Waals surface area contributed by atoms with Crippen LogP contribution in [0.3, 0.4) is 0 Å². The van der Waals surface area contributed by atoms with Gasteiger partial charge in [-0.25, -0.2) is 0 Å². The Morgan fingerprint density at radius 2 is 1.93 bits per heavy atom. The number of carbonyl (C=O) groups excluding carboxylic acids is 1. The van der Waals surface area contributed by atoms with Crippen LogP contribution in [0.25, 0.3) is 11.4 Å². The lowest BCUT2D eigenvalue weighted by Crippen LogP contribution is -2.30. The van der Waals surface area contributed by atoms with Crippen molar-refractivity contribution in [2.45, 2.75) is 32.2 Å². The molecule has 2 aromatic carbocycles. The summed E-state index contributed by atoms with van der Waals surface area (Å²) in [5.74, 6) is 1.79. The molecule has 1 aliphatic heterocycles. The number of amides is 1. The average molecular weight is 377 g/mol. The van der Waals surface area contributed by atoms with Crippen LogP contribution in [0.1, 0.15) is 47.6 Å². The van der Waals surface area contributed by atoms with Crippen molar-refractivity contribution in [2.24, 2.45) is 0 Å². The van der Waals surface area contributed by atoms with E-state index in [0.29, 0.717) is 23.8 Å². The first-order valence-corrected chi connectivity index (χ1v) is 9.57. The highest BCUT2D eigenvalue weighted by molar-refractivity contribution is 5.94. The molecular weight excluding hydrogens is 354 g/mol. The van der Waals surface area contributed by atoms with Crippen LogP contribution in [0.2, 0.25) is 0 Å². The molecule has 1 aliphatic rings. The number of rotatable bonds is 5. The van der Waals surface area contributed by atoms with Gasteiger partial charge in [-0.1, -0.05) is 24.2 Å². The molecule has 28 heavy (non-hydrogen) atoms. The molecule has 0 radical (unpaired) electrons. The second-order valence-corrected chi connectivity index (χ2v) is 6.89. The van der Waals surface area contributed by atoms with Gasteiger partial charge in [-0.15, -0.1) is 0 Å². The molecule has 0 aliphatic carbocycles. The van der Waals surface area contributed by atoms with Gasteiger partial charge in [0, 0.05) is 17.7 Å². The monoisotopic (exact) mass is 377 g/mol. The lowest BCUT2D eigenvalue weighted by Gasteiger charge is -2.22. The molecule has 0 saturated carbocycles. The Bertz CT molecular complexity index is 948. The van der Waals surface area contributed by atoms with E-state index in [1.165, 1.54) is 5.56 Å². The van der Waals surface area contributed by atoms with Crippen LogP contribution in [0.15, 0.2) is 53.1 Å². The summed E-state index contributed by atoms with van der Waals surface area (Å²) < 4.78 is 10.7. The topological polar surface area (TPSA) is 68.5 Å². The van der Waals surface area contributed by atoms with Crippen LogP contribution in [0, 0.1) is 0 Å². The zero-order valence-electron chi connectivity index (χ0n) is 16.1. The number of likely N-dealkylation sites (tertiary alicyclic amines) is 1. The Morgan fingerprint density at radius 3 is 2.61 bits per heavy atom. The summed E-state index contributed by atoms with van der Waals surface area (Å²) in [7, 11) is 1.63. The molecule has 6 nitrogen and oxygen atoms in total. The van der Waals surface area contributed by atoms with Gasteiger partial charge in [-0.2, -0.15) is 4.98 Å². The third kappa shape index (κ3) is 3.50. The van der Waals surface area contributed by atoms with Gasteiger partial charge in [0.1, 0.15) is 11.8 Å². The summed E-state index contributed by atoms with van der Waals surface area (Å²) in [4.78, 5) is 19.4. The maximum Gasteiger partial charge on any atom is 0.254 e. The van der Waals surface area contributed by atoms with Crippen LogP contribution in [-0.2, 0) is 6.42 Å². The smallest absolute Gasteiger partial charge is 0.254 e. The van der Waals surface area contributed by atoms with E-state index >= 15 is 0 Å². The van der Waals surface area contributed by atoms with Crippen molar-refractivity contribution in [1.29, 1.82) is 0 Å². The highest BCUT2D eigenvalue weighted by Gasteiger charge is 2.34. The molecule has 0 N–H and O–H groups in total. The van der Waals surface area contributed by atoms with Crippen LogP contribution < -0.4 is 4.74 Å². The van der Waals surface area contributed by atoms with E-state index in [2.05, 4.69) is 17.1 Å². The van der Waals surface area contributed by atoms with Crippen molar-refractivity contribution >= 4 is 5.91 Å². The number of methoxy groups -OCH3 is 1. The summed E-state index contributed by atoms with van der Waals surface area (Å²) in [5, 5.41) is 4.11. The molecule has 4 rings (SSSR count). The number of nitrogens with zero attached hydrogens (tertiary/aromatic N) is 3. The van der Waals surface area contributed by atoms with E-state index in [0.717, 1.165) is 30.6 Å². The van der Waals surface area contributed by atoms with E-state index in [9.17, 15) is 4.79 Å². The molecule has 1 fully saturated rings. The zero-order chi connectivity index (χ0) is 19.5. The molecule has 0 bridgehead atoms. The second-order valence-electron chi connectivity index (χ2n) is 6.89. The molecule has 1 unspecified atom stereocenters. The number of carbonyl (C=O) groups is 1. The Balaban J connectivity index is 1.54. The SMILES string of the molecule is CCc1ccc(C(=O)N2CCCC2c2nc(-c3ccc(OC)cc3)no2)cc1. The Labute approximate surface area is 164 Å². The van der Waals surface area contributed by atoms with Crippen LogP contribution in [-0.4, -0.2) is 34.6 Å². The maximum atomic E-state index is 13.0. The van der Waals surface area contributed by atoms with Gasteiger partial charge in [-0.05, 0) is 61.2 Å². The first-order valence-electron chi connectivity index (χ1n) is 9.57. The summed E-state index contributed by atoms with van der Waals surface area (Å²) in [6.45, 7) is 2.79. The fourth-order valence-electron chi connectivity index (χ4n) is 3.54. The summed E-state index contributed by atoms with van der Waals surface area (Å²) in [6.07, 6.45) is 2.70. The highest BCUT2D eigenvalue weighted by atomic mass is 16.5.